The van der Waals surface area contributed by atoms with Crippen LogP contribution in [0.2, 0.25) is 0 Å². The molecular formula is C14H15N7O3. The third-order valence-corrected chi connectivity index (χ3v) is 3.32. The molecule has 1 aromatic carbocycles. The summed E-state index contributed by atoms with van der Waals surface area (Å²) >= 11 is 0. The summed E-state index contributed by atoms with van der Waals surface area (Å²) in [6.07, 6.45) is 1.57. The number of rotatable bonds is 4. The Balaban J connectivity index is 1.80. The molecule has 0 saturated heterocycles. The lowest BCUT2D eigenvalue weighted by molar-refractivity contribution is 0.102. The first-order valence-electron chi connectivity index (χ1n) is 6.98. The van der Waals surface area contributed by atoms with E-state index in [2.05, 4.69) is 20.8 Å². The van der Waals surface area contributed by atoms with E-state index >= 15 is 0 Å². The van der Waals surface area contributed by atoms with E-state index in [0.717, 1.165) is 9.36 Å². The van der Waals surface area contributed by atoms with Crippen LogP contribution in [-0.2, 0) is 14.1 Å². The fourth-order valence-corrected chi connectivity index (χ4v) is 2.13. The predicted octanol–water partition coefficient (Wildman–Crippen LogP) is -0.0396. The zero-order valence-corrected chi connectivity index (χ0v) is 13.3. The number of nitrogens with one attached hydrogen (secondary N) is 1. The Bertz CT molecular complexity index is 936. The van der Waals surface area contributed by atoms with E-state index in [1.54, 1.807) is 37.5 Å². The number of hydrogen-bond acceptors (Lipinski definition) is 6. The summed E-state index contributed by atoms with van der Waals surface area (Å²) in [5.41, 5.74) is 1.08. The lowest BCUT2D eigenvalue weighted by Gasteiger charge is -2.05. The largest absolute Gasteiger partial charge is 0.479 e. The van der Waals surface area contributed by atoms with Gasteiger partial charge >= 0.3 is 5.69 Å². The number of carbonyl (C=O) groups is 1. The number of amides is 1. The molecule has 0 bridgehead atoms. The number of tetrazole rings is 1. The van der Waals surface area contributed by atoms with Crippen LogP contribution < -0.4 is 15.7 Å². The Morgan fingerprint density at radius 1 is 1.17 bits per heavy atom. The molecule has 124 valence electrons. The minimum atomic E-state index is -0.355. The molecule has 0 spiro atoms. The quantitative estimate of drug-likeness (QED) is 0.719. The van der Waals surface area contributed by atoms with Gasteiger partial charge in [-0.15, -0.1) is 5.10 Å². The van der Waals surface area contributed by atoms with E-state index in [4.69, 9.17) is 4.74 Å². The number of carbonyl (C=O) groups excluding carboxylic acids is 1. The number of ether oxygens (including phenoxy) is 1. The van der Waals surface area contributed by atoms with Crippen molar-refractivity contribution in [1.82, 2.24) is 29.6 Å². The minimum Gasteiger partial charge on any atom is -0.479 e. The third kappa shape index (κ3) is 2.76. The fourth-order valence-electron chi connectivity index (χ4n) is 2.13. The summed E-state index contributed by atoms with van der Waals surface area (Å²) < 4.78 is 8.86. The van der Waals surface area contributed by atoms with E-state index in [1.807, 2.05) is 0 Å². The van der Waals surface area contributed by atoms with Crippen LogP contribution in [0.5, 0.6) is 5.88 Å². The topological polar surface area (TPSA) is 109 Å². The summed E-state index contributed by atoms with van der Waals surface area (Å²) in [7, 11) is 4.67. The minimum absolute atomic E-state index is 0.248. The average molecular weight is 329 g/mol. The average Bonchev–Trinajstić information content (AvgIpc) is 3.11. The highest BCUT2D eigenvalue weighted by Crippen LogP contribution is 2.18. The Labute approximate surface area is 136 Å². The Morgan fingerprint density at radius 2 is 1.88 bits per heavy atom. The first kappa shape index (κ1) is 15.5. The highest BCUT2D eigenvalue weighted by molar-refractivity contribution is 6.05. The molecule has 0 unspecified atom stereocenters. The first-order valence-corrected chi connectivity index (χ1v) is 6.98. The Morgan fingerprint density at radius 3 is 2.46 bits per heavy atom. The molecule has 0 atom stereocenters. The van der Waals surface area contributed by atoms with Gasteiger partial charge in [0.15, 0.2) is 0 Å². The molecular weight excluding hydrogens is 314 g/mol. The maximum Gasteiger partial charge on any atom is 0.368 e. The van der Waals surface area contributed by atoms with Crippen molar-refractivity contribution in [3.8, 4) is 11.6 Å². The summed E-state index contributed by atoms with van der Waals surface area (Å²) in [5, 5.41) is 14.2. The van der Waals surface area contributed by atoms with Gasteiger partial charge in [-0.1, -0.05) is 0 Å². The third-order valence-electron chi connectivity index (χ3n) is 3.32. The molecule has 0 radical (unpaired) electrons. The number of hydrogen-bond donors (Lipinski definition) is 1. The zero-order chi connectivity index (χ0) is 17.3. The molecule has 0 saturated carbocycles. The first-order chi connectivity index (χ1) is 11.5. The molecule has 1 amide bonds. The van der Waals surface area contributed by atoms with E-state index in [-0.39, 0.29) is 17.5 Å². The molecule has 0 fully saturated rings. The van der Waals surface area contributed by atoms with Crippen LogP contribution in [-0.4, -0.2) is 42.6 Å². The number of methoxy groups -OCH3 is 1. The van der Waals surface area contributed by atoms with Gasteiger partial charge in [0, 0.05) is 26.0 Å². The van der Waals surface area contributed by atoms with Gasteiger partial charge in [0.2, 0.25) is 5.88 Å². The molecule has 10 heteroatoms. The number of aryl methyl sites for hydroxylation is 2. The van der Waals surface area contributed by atoms with Crippen molar-refractivity contribution in [2.45, 2.75) is 0 Å². The van der Waals surface area contributed by atoms with Gasteiger partial charge in [-0.05, 0) is 34.7 Å². The molecule has 0 aliphatic carbocycles. The Hall–Kier alpha value is -3.43. The van der Waals surface area contributed by atoms with Crippen LogP contribution in [0.1, 0.15) is 10.4 Å². The van der Waals surface area contributed by atoms with Crippen LogP contribution in [0.3, 0.4) is 0 Å². The zero-order valence-electron chi connectivity index (χ0n) is 13.3. The second-order valence-electron chi connectivity index (χ2n) is 5.02. The van der Waals surface area contributed by atoms with Crippen molar-refractivity contribution >= 4 is 11.6 Å². The highest BCUT2D eigenvalue weighted by Gasteiger charge is 2.16. The van der Waals surface area contributed by atoms with E-state index < -0.39 is 0 Å². The lowest BCUT2D eigenvalue weighted by Crippen LogP contribution is -2.21. The van der Waals surface area contributed by atoms with Gasteiger partial charge < -0.3 is 10.1 Å². The van der Waals surface area contributed by atoms with Crippen molar-refractivity contribution in [3.05, 3.63) is 46.5 Å². The smallest absolute Gasteiger partial charge is 0.368 e. The maximum atomic E-state index is 12.3. The molecule has 1 N–H and O–H groups in total. The van der Waals surface area contributed by atoms with Gasteiger partial charge in [0.1, 0.15) is 5.56 Å². The molecule has 10 nitrogen and oxygen atoms in total. The van der Waals surface area contributed by atoms with Crippen molar-refractivity contribution in [3.63, 3.8) is 0 Å². The maximum absolute atomic E-state index is 12.3. The predicted molar refractivity (Wildman–Crippen MR) is 84.3 cm³/mol. The van der Waals surface area contributed by atoms with Crippen LogP contribution >= 0.6 is 0 Å². The van der Waals surface area contributed by atoms with Crippen LogP contribution in [0, 0.1) is 0 Å². The van der Waals surface area contributed by atoms with E-state index in [0.29, 0.717) is 16.9 Å². The lowest BCUT2D eigenvalue weighted by atomic mass is 10.2. The van der Waals surface area contributed by atoms with Crippen LogP contribution in [0.15, 0.2) is 35.3 Å². The second-order valence-corrected chi connectivity index (χ2v) is 5.02. The number of aromatic nitrogens is 6. The standard InChI is InChI=1S/C14H15N7O3/c1-19-8-11(13(16-19)24-3)12(22)15-9-4-6-10(7-5-9)21-14(23)20(2)17-18-21/h4-8H,1-3H3,(H,15,22). The summed E-state index contributed by atoms with van der Waals surface area (Å²) in [6.45, 7) is 0. The monoisotopic (exact) mass is 329 g/mol. The molecule has 3 rings (SSSR count). The number of benzene rings is 1. The fraction of sp³-hybridized carbons (Fsp3) is 0.214. The van der Waals surface area contributed by atoms with Crippen molar-refractivity contribution in [2.24, 2.45) is 14.1 Å². The molecule has 3 aromatic rings. The summed E-state index contributed by atoms with van der Waals surface area (Å²) in [5.74, 6) is -0.0953. The normalized spacial score (nSPS) is 10.6. The van der Waals surface area contributed by atoms with Crippen molar-refractivity contribution < 1.29 is 9.53 Å². The molecule has 0 aliphatic rings. The Kier molecular flexibility index (Phi) is 3.86. The van der Waals surface area contributed by atoms with Gasteiger partial charge in [-0.2, -0.15) is 9.36 Å². The van der Waals surface area contributed by atoms with Gasteiger partial charge in [-0.3, -0.25) is 9.48 Å². The molecule has 24 heavy (non-hydrogen) atoms. The van der Waals surface area contributed by atoms with Gasteiger partial charge in [0.05, 0.1) is 12.8 Å². The molecule has 2 aromatic heterocycles. The van der Waals surface area contributed by atoms with Crippen LogP contribution in [0.25, 0.3) is 5.69 Å². The molecule has 0 aliphatic heterocycles. The number of anilines is 1. The van der Waals surface area contributed by atoms with Crippen molar-refractivity contribution in [1.29, 1.82) is 0 Å². The van der Waals surface area contributed by atoms with E-state index in [9.17, 15) is 9.59 Å². The number of nitrogens with zero attached hydrogens (tertiary/aromatic N) is 6. The summed E-state index contributed by atoms with van der Waals surface area (Å²) in [6, 6.07) is 6.65. The molecule has 2 heterocycles. The van der Waals surface area contributed by atoms with Crippen molar-refractivity contribution in [2.75, 3.05) is 12.4 Å². The van der Waals surface area contributed by atoms with Gasteiger partial charge in [0.25, 0.3) is 5.91 Å². The SMILES string of the molecule is COc1nn(C)cc1C(=O)Nc1ccc(-n2nnn(C)c2=O)cc1. The summed E-state index contributed by atoms with van der Waals surface area (Å²) in [4.78, 5) is 24.1. The van der Waals surface area contributed by atoms with Gasteiger partial charge in [-0.25, -0.2) is 4.79 Å². The van der Waals surface area contributed by atoms with E-state index in [1.165, 1.54) is 18.8 Å². The second kappa shape index (κ2) is 5.99. The highest BCUT2D eigenvalue weighted by atomic mass is 16.5. The van der Waals surface area contributed by atoms with Crippen LogP contribution in [0.4, 0.5) is 5.69 Å².